The molecular formula is C20H20FN3O2S. The molecule has 0 amide bonds. The third kappa shape index (κ3) is 4.25. The van der Waals surface area contributed by atoms with E-state index in [1.807, 2.05) is 19.9 Å². The number of aryl methyl sites for hydroxylation is 3. The highest BCUT2D eigenvalue weighted by atomic mass is 32.2. The van der Waals surface area contributed by atoms with E-state index >= 15 is 0 Å². The molecule has 140 valence electrons. The highest BCUT2D eigenvalue weighted by Gasteiger charge is 2.20. The summed E-state index contributed by atoms with van der Waals surface area (Å²) in [6, 6.07) is 12.8. The van der Waals surface area contributed by atoms with Gasteiger partial charge in [0.15, 0.2) is 5.82 Å². The van der Waals surface area contributed by atoms with E-state index in [0.717, 1.165) is 11.1 Å². The topological polar surface area (TPSA) is 71.1 Å². The summed E-state index contributed by atoms with van der Waals surface area (Å²) in [4.78, 5) is 4.15. The minimum atomic E-state index is -3.86. The number of sulfonamides is 1. The Kier molecular flexibility index (Phi) is 5.14. The molecule has 0 saturated carbocycles. The lowest BCUT2D eigenvalue weighted by atomic mass is 10.1. The minimum Gasteiger partial charge on any atom is -0.339 e. The second-order valence-electron chi connectivity index (χ2n) is 6.34. The van der Waals surface area contributed by atoms with Crippen molar-refractivity contribution in [2.24, 2.45) is 0 Å². The molecule has 1 heterocycles. The Hall–Kier alpha value is -2.93. The first-order chi connectivity index (χ1) is 12.8. The molecule has 0 fully saturated rings. The van der Waals surface area contributed by atoms with Crippen molar-refractivity contribution >= 4 is 27.2 Å². The van der Waals surface area contributed by atoms with E-state index in [1.54, 1.807) is 31.2 Å². The molecule has 0 radical (unpaired) electrons. The predicted octanol–water partition coefficient (Wildman–Crippen LogP) is 4.69. The van der Waals surface area contributed by atoms with Crippen molar-refractivity contribution in [2.75, 3.05) is 10.0 Å². The first-order valence-electron chi connectivity index (χ1n) is 8.34. The quantitative estimate of drug-likeness (QED) is 0.668. The van der Waals surface area contributed by atoms with Gasteiger partial charge < -0.3 is 5.32 Å². The van der Waals surface area contributed by atoms with Crippen LogP contribution in [0.4, 0.5) is 21.6 Å². The van der Waals surface area contributed by atoms with Crippen LogP contribution in [0.25, 0.3) is 0 Å². The van der Waals surface area contributed by atoms with E-state index in [1.165, 1.54) is 24.4 Å². The molecule has 0 spiro atoms. The van der Waals surface area contributed by atoms with Crippen LogP contribution >= 0.6 is 0 Å². The summed E-state index contributed by atoms with van der Waals surface area (Å²) in [6.45, 7) is 5.51. The van der Waals surface area contributed by atoms with Gasteiger partial charge in [-0.05, 0) is 79.9 Å². The molecule has 0 unspecified atom stereocenters. The molecule has 5 nitrogen and oxygen atoms in total. The van der Waals surface area contributed by atoms with Gasteiger partial charge in [-0.1, -0.05) is 6.07 Å². The number of anilines is 3. The van der Waals surface area contributed by atoms with Gasteiger partial charge in [-0.15, -0.1) is 0 Å². The van der Waals surface area contributed by atoms with E-state index in [9.17, 15) is 12.8 Å². The van der Waals surface area contributed by atoms with Gasteiger partial charge in [-0.3, -0.25) is 4.72 Å². The van der Waals surface area contributed by atoms with Crippen LogP contribution in [-0.2, 0) is 10.0 Å². The SMILES string of the molecule is Cc1ccc(NS(=O)(=O)c2cccnc2Nc2ccc(F)c(C)c2)cc1C. The molecule has 3 aromatic rings. The fraction of sp³-hybridized carbons (Fsp3) is 0.150. The number of benzene rings is 2. The Morgan fingerprint density at radius 1 is 0.889 bits per heavy atom. The zero-order valence-corrected chi connectivity index (χ0v) is 16.1. The van der Waals surface area contributed by atoms with E-state index in [0.29, 0.717) is 16.9 Å². The van der Waals surface area contributed by atoms with Crippen molar-refractivity contribution in [1.29, 1.82) is 0 Å². The third-order valence-corrected chi connectivity index (χ3v) is 5.65. The van der Waals surface area contributed by atoms with Crippen LogP contribution in [0.2, 0.25) is 0 Å². The van der Waals surface area contributed by atoms with Crippen molar-refractivity contribution in [2.45, 2.75) is 25.7 Å². The monoisotopic (exact) mass is 385 g/mol. The Morgan fingerprint density at radius 2 is 1.59 bits per heavy atom. The molecular weight excluding hydrogens is 365 g/mol. The molecule has 2 aromatic carbocycles. The molecule has 0 saturated heterocycles. The van der Waals surface area contributed by atoms with E-state index in [2.05, 4.69) is 15.0 Å². The van der Waals surface area contributed by atoms with Gasteiger partial charge in [0.2, 0.25) is 0 Å². The Morgan fingerprint density at radius 3 is 2.30 bits per heavy atom. The van der Waals surface area contributed by atoms with Crippen LogP contribution in [0.3, 0.4) is 0 Å². The number of halogens is 1. The van der Waals surface area contributed by atoms with Crippen LogP contribution in [0.15, 0.2) is 59.6 Å². The van der Waals surface area contributed by atoms with Gasteiger partial charge in [0, 0.05) is 17.6 Å². The molecule has 7 heteroatoms. The van der Waals surface area contributed by atoms with Crippen LogP contribution in [0, 0.1) is 26.6 Å². The summed E-state index contributed by atoms with van der Waals surface area (Å²) in [5.74, 6) is -0.161. The van der Waals surface area contributed by atoms with Crippen LogP contribution in [0.5, 0.6) is 0 Å². The summed E-state index contributed by atoms with van der Waals surface area (Å²) < 4.78 is 41.8. The highest BCUT2D eigenvalue weighted by molar-refractivity contribution is 7.92. The first-order valence-corrected chi connectivity index (χ1v) is 9.83. The summed E-state index contributed by atoms with van der Waals surface area (Å²) >= 11 is 0. The van der Waals surface area contributed by atoms with Gasteiger partial charge in [0.05, 0.1) is 0 Å². The number of aromatic nitrogens is 1. The van der Waals surface area contributed by atoms with Crippen LogP contribution < -0.4 is 10.0 Å². The van der Waals surface area contributed by atoms with Crippen LogP contribution in [-0.4, -0.2) is 13.4 Å². The van der Waals surface area contributed by atoms with Gasteiger partial charge in [-0.2, -0.15) is 0 Å². The first kappa shape index (κ1) is 18.8. The van der Waals surface area contributed by atoms with Gasteiger partial charge in [-0.25, -0.2) is 17.8 Å². The number of nitrogens with zero attached hydrogens (tertiary/aromatic N) is 1. The maximum Gasteiger partial charge on any atom is 0.265 e. The molecule has 0 aliphatic heterocycles. The van der Waals surface area contributed by atoms with E-state index < -0.39 is 10.0 Å². The molecule has 0 bridgehead atoms. The number of pyridine rings is 1. The minimum absolute atomic E-state index is 0.00482. The predicted molar refractivity (Wildman–Crippen MR) is 105 cm³/mol. The summed E-state index contributed by atoms with van der Waals surface area (Å²) in [5.41, 5.74) is 3.55. The molecule has 3 rings (SSSR count). The fourth-order valence-electron chi connectivity index (χ4n) is 2.58. The standard InChI is InChI=1S/C20H20FN3O2S/c1-13-6-7-17(11-14(13)2)24-27(25,26)19-5-4-10-22-20(19)23-16-8-9-18(21)15(3)12-16/h4-12,24H,1-3H3,(H,22,23). The van der Waals surface area contributed by atoms with Crippen molar-refractivity contribution in [3.63, 3.8) is 0 Å². The normalized spacial score (nSPS) is 11.3. The Balaban J connectivity index is 1.93. The zero-order chi connectivity index (χ0) is 19.6. The second-order valence-corrected chi connectivity index (χ2v) is 7.99. The average Bonchev–Trinajstić information content (AvgIpc) is 2.61. The highest BCUT2D eigenvalue weighted by Crippen LogP contribution is 2.26. The summed E-state index contributed by atoms with van der Waals surface area (Å²) in [6.07, 6.45) is 1.49. The zero-order valence-electron chi connectivity index (χ0n) is 15.2. The third-order valence-electron chi connectivity index (χ3n) is 4.24. The maximum atomic E-state index is 13.5. The Labute approximate surface area is 158 Å². The summed E-state index contributed by atoms with van der Waals surface area (Å²) in [7, 11) is -3.86. The second kappa shape index (κ2) is 7.36. The lowest BCUT2D eigenvalue weighted by molar-refractivity contribution is 0.601. The average molecular weight is 385 g/mol. The number of hydrogen-bond acceptors (Lipinski definition) is 4. The molecule has 0 aliphatic carbocycles. The summed E-state index contributed by atoms with van der Waals surface area (Å²) in [5, 5.41) is 2.96. The van der Waals surface area contributed by atoms with Crippen molar-refractivity contribution in [1.82, 2.24) is 4.98 Å². The molecule has 0 aliphatic rings. The van der Waals surface area contributed by atoms with Crippen LogP contribution in [0.1, 0.15) is 16.7 Å². The van der Waals surface area contributed by atoms with E-state index in [4.69, 9.17) is 0 Å². The number of rotatable bonds is 5. The molecule has 27 heavy (non-hydrogen) atoms. The van der Waals surface area contributed by atoms with Gasteiger partial charge >= 0.3 is 0 Å². The molecule has 2 N–H and O–H groups in total. The Bertz CT molecular complexity index is 1100. The van der Waals surface area contributed by atoms with Crippen molar-refractivity contribution in [3.05, 3.63) is 77.2 Å². The number of nitrogens with one attached hydrogen (secondary N) is 2. The van der Waals surface area contributed by atoms with E-state index in [-0.39, 0.29) is 16.5 Å². The molecule has 0 atom stereocenters. The lowest BCUT2D eigenvalue weighted by Gasteiger charge is -2.14. The maximum absolute atomic E-state index is 13.5. The van der Waals surface area contributed by atoms with Gasteiger partial charge in [0.1, 0.15) is 10.7 Å². The van der Waals surface area contributed by atoms with Crippen molar-refractivity contribution in [3.8, 4) is 0 Å². The van der Waals surface area contributed by atoms with Gasteiger partial charge in [0.25, 0.3) is 10.0 Å². The number of hydrogen-bond donors (Lipinski definition) is 2. The smallest absolute Gasteiger partial charge is 0.265 e. The van der Waals surface area contributed by atoms with Crippen molar-refractivity contribution < 1.29 is 12.8 Å². The molecule has 1 aromatic heterocycles. The largest absolute Gasteiger partial charge is 0.339 e. The lowest BCUT2D eigenvalue weighted by Crippen LogP contribution is -2.15. The fourth-order valence-corrected chi connectivity index (χ4v) is 3.74.